The molecule has 1 heterocycles. The van der Waals surface area contributed by atoms with Gasteiger partial charge in [-0.3, -0.25) is 0 Å². The normalized spacial score (nSPS) is 8.33. The lowest BCUT2D eigenvalue weighted by atomic mass is 10.4. The Morgan fingerprint density at radius 1 is 1.89 bits per heavy atom. The van der Waals surface area contributed by atoms with E-state index < -0.39 is 0 Å². The van der Waals surface area contributed by atoms with Gasteiger partial charge in [0.05, 0.1) is 18.0 Å². The standard InChI is InChI=1S/C4H3N5/c5-1-4-2-7-9(3-4)8-6/h2-3,6H. The molecule has 0 bridgehead atoms. The fraction of sp³-hybridized carbons (Fsp3) is 0. The maximum Gasteiger partial charge on any atom is 0.103 e. The predicted octanol–water partition coefficient (Wildman–Crippen LogP) is 0.549. The summed E-state index contributed by atoms with van der Waals surface area (Å²) in [6, 6.07) is 1.86. The van der Waals surface area contributed by atoms with E-state index in [1.807, 2.05) is 6.07 Å². The van der Waals surface area contributed by atoms with Crippen LogP contribution in [0.15, 0.2) is 17.6 Å². The van der Waals surface area contributed by atoms with Gasteiger partial charge in [0.25, 0.3) is 0 Å². The molecule has 5 nitrogen and oxygen atoms in total. The number of aromatic nitrogens is 2. The van der Waals surface area contributed by atoms with Crippen molar-refractivity contribution in [3.63, 3.8) is 0 Å². The summed E-state index contributed by atoms with van der Waals surface area (Å²) in [6.45, 7) is 0. The molecule has 0 radical (unpaired) electrons. The molecule has 1 N–H and O–H groups in total. The maximum atomic E-state index is 8.24. The second kappa shape index (κ2) is 2.05. The van der Waals surface area contributed by atoms with Crippen molar-refractivity contribution in [2.45, 2.75) is 0 Å². The van der Waals surface area contributed by atoms with E-state index in [1.54, 1.807) is 0 Å². The van der Waals surface area contributed by atoms with E-state index >= 15 is 0 Å². The lowest BCUT2D eigenvalue weighted by Gasteiger charge is -1.77. The number of hydrogen-bond acceptors (Lipinski definition) is 4. The summed E-state index contributed by atoms with van der Waals surface area (Å²) in [5.41, 5.74) is 6.86. The van der Waals surface area contributed by atoms with Crippen LogP contribution in [0.4, 0.5) is 0 Å². The van der Waals surface area contributed by atoms with Gasteiger partial charge in [-0.05, 0) is 0 Å². The van der Waals surface area contributed by atoms with Crippen molar-refractivity contribution in [3.05, 3.63) is 18.0 Å². The maximum absolute atomic E-state index is 8.24. The molecule has 1 rings (SSSR count). The molecule has 0 amide bonds. The van der Waals surface area contributed by atoms with Crippen LogP contribution in [0, 0.1) is 16.9 Å². The molecule has 9 heavy (non-hydrogen) atoms. The van der Waals surface area contributed by atoms with E-state index in [9.17, 15) is 0 Å². The van der Waals surface area contributed by atoms with E-state index in [4.69, 9.17) is 10.8 Å². The molecule has 1 aromatic rings. The van der Waals surface area contributed by atoms with Gasteiger partial charge in [0, 0.05) is 0 Å². The van der Waals surface area contributed by atoms with Crippen molar-refractivity contribution < 1.29 is 0 Å². The average molecular weight is 121 g/mol. The van der Waals surface area contributed by atoms with E-state index in [2.05, 4.69) is 10.3 Å². The van der Waals surface area contributed by atoms with Crippen LogP contribution in [-0.4, -0.2) is 9.89 Å². The van der Waals surface area contributed by atoms with Crippen molar-refractivity contribution in [2.75, 3.05) is 0 Å². The fourth-order valence-electron chi connectivity index (χ4n) is 0.425. The predicted molar refractivity (Wildman–Crippen MR) is 27.5 cm³/mol. The Morgan fingerprint density at radius 3 is 3.00 bits per heavy atom. The molecule has 0 aliphatic heterocycles. The second-order valence-electron chi connectivity index (χ2n) is 1.36. The van der Waals surface area contributed by atoms with Gasteiger partial charge in [0.1, 0.15) is 6.07 Å². The summed E-state index contributed by atoms with van der Waals surface area (Å²) < 4.78 is 0. The minimum absolute atomic E-state index is 0.408. The molecular weight excluding hydrogens is 118 g/mol. The molecular formula is C4H3N5. The third-order valence-corrected chi connectivity index (χ3v) is 0.801. The van der Waals surface area contributed by atoms with E-state index in [0.29, 0.717) is 5.56 Å². The van der Waals surface area contributed by atoms with Crippen LogP contribution in [0.1, 0.15) is 5.56 Å². The van der Waals surface area contributed by atoms with Gasteiger partial charge < -0.3 is 0 Å². The molecule has 0 unspecified atom stereocenters. The van der Waals surface area contributed by atoms with Gasteiger partial charge >= 0.3 is 0 Å². The first kappa shape index (κ1) is 5.44. The molecule has 0 aliphatic carbocycles. The summed E-state index contributed by atoms with van der Waals surface area (Å²) >= 11 is 0. The highest BCUT2D eigenvalue weighted by molar-refractivity contribution is 5.21. The topological polar surface area (TPSA) is 77.8 Å². The molecule has 0 saturated heterocycles. The van der Waals surface area contributed by atoms with Crippen molar-refractivity contribution in [1.29, 1.82) is 10.8 Å². The van der Waals surface area contributed by atoms with Crippen LogP contribution in [0.3, 0.4) is 0 Å². The highest BCUT2D eigenvalue weighted by atomic mass is 15.5. The molecule has 0 atom stereocenters. The number of nitrogens with zero attached hydrogens (tertiary/aromatic N) is 4. The highest BCUT2D eigenvalue weighted by Crippen LogP contribution is 1.92. The zero-order chi connectivity index (χ0) is 6.69. The Labute approximate surface area is 51.0 Å². The molecule has 0 aromatic carbocycles. The van der Waals surface area contributed by atoms with Crippen LogP contribution in [-0.2, 0) is 0 Å². The summed E-state index contributed by atoms with van der Waals surface area (Å²) in [4.78, 5) is 1.01. The number of nitrogens with one attached hydrogen (secondary N) is 1. The van der Waals surface area contributed by atoms with Gasteiger partial charge in [-0.2, -0.15) is 15.9 Å². The zero-order valence-corrected chi connectivity index (χ0v) is 4.44. The number of nitriles is 1. The van der Waals surface area contributed by atoms with Gasteiger partial charge in [0.15, 0.2) is 0 Å². The van der Waals surface area contributed by atoms with Crippen LogP contribution >= 0.6 is 0 Å². The van der Waals surface area contributed by atoms with Crippen LogP contribution in [0.5, 0.6) is 0 Å². The van der Waals surface area contributed by atoms with Crippen molar-refractivity contribution in [1.82, 2.24) is 9.89 Å². The molecule has 44 valence electrons. The summed E-state index contributed by atoms with van der Waals surface area (Å²) in [6.07, 6.45) is 2.71. The SMILES string of the molecule is N#Cc1cnn(N=N)c1. The largest absolute Gasteiger partial charge is 0.192 e. The Morgan fingerprint density at radius 2 is 2.67 bits per heavy atom. The van der Waals surface area contributed by atoms with Gasteiger partial charge in [0.2, 0.25) is 0 Å². The first-order valence-corrected chi connectivity index (χ1v) is 2.19. The van der Waals surface area contributed by atoms with Crippen LogP contribution in [0.25, 0.3) is 0 Å². The fourth-order valence-corrected chi connectivity index (χ4v) is 0.425. The summed E-state index contributed by atoms with van der Waals surface area (Å²) in [5, 5.41) is 14.7. The summed E-state index contributed by atoms with van der Waals surface area (Å²) in [5.74, 6) is 0. The molecule has 0 saturated carbocycles. The van der Waals surface area contributed by atoms with E-state index in [1.165, 1.54) is 12.4 Å². The molecule has 0 fully saturated rings. The third-order valence-electron chi connectivity index (χ3n) is 0.801. The van der Waals surface area contributed by atoms with Crippen LogP contribution < -0.4 is 0 Å². The smallest absolute Gasteiger partial charge is 0.103 e. The third kappa shape index (κ3) is 0.912. The Bertz CT molecular complexity index is 254. The van der Waals surface area contributed by atoms with Crippen molar-refractivity contribution in [3.8, 4) is 6.07 Å². The molecule has 5 heteroatoms. The Balaban J connectivity index is 3.03. The Hall–Kier alpha value is -1.70. The Kier molecular flexibility index (Phi) is 1.24. The minimum Gasteiger partial charge on any atom is -0.192 e. The highest BCUT2D eigenvalue weighted by Gasteiger charge is 1.91. The number of rotatable bonds is 1. The van der Waals surface area contributed by atoms with Crippen molar-refractivity contribution in [2.24, 2.45) is 5.22 Å². The van der Waals surface area contributed by atoms with Crippen molar-refractivity contribution >= 4 is 0 Å². The quantitative estimate of drug-likeness (QED) is 0.550. The lowest BCUT2D eigenvalue weighted by Crippen LogP contribution is -1.82. The molecule has 0 spiro atoms. The minimum atomic E-state index is 0.408. The van der Waals surface area contributed by atoms with Gasteiger partial charge in [-0.25, -0.2) is 0 Å². The first-order chi connectivity index (χ1) is 4.36. The number of hydrogen-bond donors (Lipinski definition) is 1. The summed E-state index contributed by atoms with van der Waals surface area (Å²) in [7, 11) is 0. The average Bonchev–Trinajstić information content (AvgIpc) is 2.34. The first-order valence-electron chi connectivity index (χ1n) is 2.19. The monoisotopic (exact) mass is 121 g/mol. The van der Waals surface area contributed by atoms with E-state index in [0.717, 1.165) is 4.79 Å². The van der Waals surface area contributed by atoms with Crippen LogP contribution in [0.2, 0.25) is 0 Å². The zero-order valence-electron chi connectivity index (χ0n) is 4.44. The van der Waals surface area contributed by atoms with Gasteiger partial charge in [-0.15, -0.1) is 4.79 Å². The van der Waals surface area contributed by atoms with E-state index in [-0.39, 0.29) is 0 Å². The van der Waals surface area contributed by atoms with Gasteiger partial charge in [-0.1, -0.05) is 5.22 Å². The molecule has 1 aromatic heterocycles. The lowest BCUT2D eigenvalue weighted by molar-refractivity contribution is 0.666. The molecule has 0 aliphatic rings. The second-order valence-corrected chi connectivity index (χ2v) is 1.36.